The van der Waals surface area contributed by atoms with Crippen LogP contribution < -0.4 is 5.32 Å². The van der Waals surface area contributed by atoms with Crippen molar-refractivity contribution in [2.24, 2.45) is 0 Å². The van der Waals surface area contributed by atoms with E-state index in [2.05, 4.69) is 31.3 Å². The summed E-state index contributed by atoms with van der Waals surface area (Å²) >= 11 is 0. The summed E-state index contributed by atoms with van der Waals surface area (Å²) < 4.78 is 0. The van der Waals surface area contributed by atoms with Gasteiger partial charge in [0.2, 0.25) is 5.91 Å². The van der Waals surface area contributed by atoms with E-state index < -0.39 is 18.2 Å². The summed E-state index contributed by atoms with van der Waals surface area (Å²) in [5.41, 5.74) is 0. The first-order valence-corrected chi connectivity index (χ1v) is 20.0. The highest BCUT2D eigenvalue weighted by Gasteiger charge is 2.26. The van der Waals surface area contributed by atoms with Gasteiger partial charge in [0.1, 0.15) is 6.10 Å². The van der Waals surface area contributed by atoms with E-state index in [4.69, 9.17) is 0 Å². The Morgan fingerprint density at radius 2 is 0.889 bits per heavy atom. The van der Waals surface area contributed by atoms with Gasteiger partial charge in [0.05, 0.1) is 18.8 Å². The van der Waals surface area contributed by atoms with Gasteiger partial charge in [-0.1, -0.05) is 180 Å². The van der Waals surface area contributed by atoms with Gasteiger partial charge in [-0.15, -0.1) is 0 Å². The third kappa shape index (κ3) is 31.5. The minimum absolute atomic E-state index is 0.152. The van der Waals surface area contributed by atoms with Gasteiger partial charge >= 0.3 is 0 Å². The molecule has 0 heterocycles. The fraction of sp³-hybridized carbons (Fsp3) is 0.925. The fourth-order valence-corrected chi connectivity index (χ4v) is 6.22. The third-order valence-electron chi connectivity index (χ3n) is 9.37. The van der Waals surface area contributed by atoms with E-state index in [1.165, 1.54) is 148 Å². The largest absolute Gasteiger partial charge is 0.394 e. The summed E-state index contributed by atoms with van der Waals surface area (Å²) in [7, 11) is 0. The normalized spacial score (nSPS) is 13.8. The van der Waals surface area contributed by atoms with Crippen molar-refractivity contribution in [2.45, 2.75) is 231 Å². The zero-order valence-corrected chi connectivity index (χ0v) is 30.3. The number of allylic oxidation sites excluding steroid dienone is 2. The lowest BCUT2D eigenvalue weighted by atomic mass is 10.0. The summed E-state index contributed by atoms with van der Waals surface area (Å²) in [6, 6.07) is -0.819. The Hall–Kier alpha value is -0.910. The van der Waals surface area contributed by atoms with Crippen molar-refractivity contribution in [3.63, 3.8) is 0 Å². The maximum absolute atomic E-state index is 12.4. The average molecular weight is 638 g/mol. The molecule has 0 aliphatic carbocycles. The first-order valence-electron chi connectivity index (χ1n) is 20.0. The number of nitrogens with one attached hydrogen (secondary N) is 1. The van der Waals surface area contributed by atoms with Gasteiger partial charge in [-0.25, -0.2) is 0 Å². The summed E-state index contributed by atoms with van der Waals surface area (Å²) in [6.07, 6.45) is 40.2. The Morgan fingerprint density at radius 3 is 1.29 bits per heavy atom. The molecule has 0 saturated carbocycles. The van der Waals surface area contributed by atoms with Crippen LogP contribution in [-0.2, 0) is 4.79 Å². The van der Waals surface area contributed by atoms with Crippen LogP contribution >= 0.6 is 0 Å². The molecule has 0 aromatic rings. The van der Waals surface area contributed by atoms with Crippen molar-refractivity contribution in [3.05, 3.63) is 12.2 Å². The average Bonchev–Trinajstić information content (AvgIpc) is 3.04. The molecule has 1 amide bonds. The van der Waals surface area contributed by atoms with Crippen molar-refractivity contribution in [1.29, 1.82) is 0 Å². The highest BCUT2D eigenvalue weighted by molar-refractivity contribution is 5.76. The molecular weight excluding hydrogens is 558 g/mol. The van der Waals surface area contributed by atoms with Gasteiger partial charge in [0, 0.05) is 6.42 Å². The van der Waals surface area contributed by atoms with Crippen LogP contribution in [0.4, 0.5) is 0 Å². The maximum atomic E-state index is 12.4. The Kier molecular flexibility index (Phi) is 35.2. The monoisotopic (exact) mass is 638 g/mol. The van der Waals surface area contributed by atoms with E-state index >= 15 is 0 Å². The van der Waals surface area contributed by atoms with Crippen LogP contribution in [0.25, 0.3) is 0 Å². The highest BCUT2D eigenvalue weighted by atomic mass is 16.3. The van der Waals surface area contributed by atoms with Gasteiger partial charge in [0.25, 0.3) is 0 Å². The molecule has 0 radical (unpaired) electrons. The van der Waals surface area contributed by atoms with Crippen molar-refractivity contribution in [3.8, 4) is 0 Å². The van der Waals surface area contributed by atoms with E-state index in [0.29, 0.717) is 12.8 Å². The van der Waals surface area contributed by atoms with Crippen LogP contribution in [0.15, 0.2) is 12.2 Å². The van der Waals surface area contributed by atoms with Crippen molar-refractivity contribution in [1.82, 2.24) is 5.32 Å². The SMILES string of the molecule is CCCCCCCCCC/C=C/CCCC(O)C(O)C(CO)NC(=O)CCCCCCCCCCCCCCCCCCCC. The molecule has 5 heteroatoms. The molecule has 0 bridgehead atoms. The van der Waals surface area contributed by atoms with Crippen LogP contribution in [0.3, 0.4) is 0 Å². The van der Waals surface area contributed by atoms with Crippen molar-refractivity contribution in [2.75, 3.05) is 6.61 Å². The van der Waals surface area contributed by atoms with Gasteiger partial charge in [0.15, 0.2) is 0 Å². The number of amides is 1. The number of carbonyl (C=O) groups excluding carboxylic acids is 1. The summed E-state index contributed by atoms with van der Waals surface area (Å²) in [5, 5.41) is 33.4. The highest BCUT2D eigenvalue weighted by Crippen LogP contribution is 2.15. The quantitative estimate of drug-likeness (QED) is 0.0406. The topological polar surface area (TPSA) is 89.8 Å². The molecular formula is C40H79NO4. The number of hydrogen-bond acceptors (Lipinski definition) is 4. The van der Waals surface area contributed by atoms with Crippen LogP contribution in [0.5, 0.6) is 0 Å². The molecule has 0 spiro atoms. The van der Waals surface area contributed by atoms with Crippen LogP contribution in [-0.4, -0.2) is 46.1 Å². The molecule has 4 N–H and O–H groups in total. The van der Waals surface area contributed by atoms with Crippen LogP contribution in [0.2, 0.25) is 0 Å². The number of aliphatic hydroxyl groups is 3. The second-order valence-corrected chi connectivity index (χ2v) is 13.8. The van der Waals surface area contributed by atoms with Crippen LogP contribution in [0, 0.1) is 0 Å². The maximum Gasteiger partial charge on any atom is 0.220 e. The molecule has 0 aromatic heterocycles. The smallest absolute Gasteiger partial charge is 0.220 e. The lowest BCUT2D eigenvalue weighted by molar-refractivity contribution is -0.124. The lowest BCUT2D eigenvalue weighted by Crippen LogP contribution is -2.50. The van der Waals surface area contributed by atoms with E-state index in [1.807, 2.05) is 0 Å². The van der Waals surface area contributed by atoms with Crippen molar-refractivity contribution < 1.29 is 20.1 Å². The summed E-state index contributed by atoms with van der Waals surface area (Å²) in [6.45, 7) is 4.16. The molecule has 45 heavy (non-hydrogen) atoms. The van der Waals surface area contributed by atoms with Gasteiger partial charge in [-0.3, -0.25) is 4.79 Å². The van der Waals surface area contributed by atoms with Gasteiger partial charge in [-0.2, -0.15) is 0 Å². The predicted molar refractivity (Wildman–Crippen MR) is 195 cm³/mol. The predicted octanol–water partition coefficient (Wildman–Crippen LogP) is 10.9. The Bertz CT molecular complexity index is 625. The molecule has 0 aromatic carbocycles. The van der Waals surface area contributed by atoms with E-state index in [0.717, 1.165) is 38.5 Å². The standard InChI is InChI=1S/C40H79NO4/c1-3-5-7-9-11-13-15-17-18-19-20-21-23-25-27-29-31-33-35-39(44)41-37(36-42)40(45)38(43)34-32-30-28-26-24-22-16-14-12-10-8-6-4-2/h26,28,37-38,40,42-43,45H,3-25,27,29-36H2,1-2H3,(H,41,44)/b28-26+. The Labute approximate surface area is 280 Å². The number of unbranched alkanes of at least 4 members (excludes halogenated alkanes) is 26. The van der Waals surface area contributed by atoms with E-state index in [-0.39, 0.29) is 12.5 Å². The fourth-order valence-electron chi connectivity index (χ4n) is 6.22. The van der Waals surface area contributed by atoms with Crippen LogP contribution in [0.1, 0.15) is 213 Å². The molecule has 5 nitrogen and oxygen atoms in total. The molecule has 3 unspecified atom stereocenters. The second-order valence-electron chi connectivity index (χ2n) is 13.8. The molecule has 0 fully saturated rings. The Balaban J connectivity index is 3.66. The molecule has 3 atom stereocenters. The number of carbonyl (C=O) groups is 1. The van der Waals surface area contributed by atoms with E-state index in [1.54, 1.807) is 0 Å². The number of hydrogen-bond donors (Lipinski definition) is 4. The lowest BCUT2D eigenvalue weighted by Gasteiger charge is -2.26. The zero-order chi connectivity index (χ0) is 33.1. The summed E-state index contributed by atoms with van der Waals surface area (Å²) in [4.78, 5) is 12.4. The minimum Gasteiger partial charge on any atom is -0.394 e. The van der Waals surface area contributed by atoms with Gasteiger partial charge in [-0.05, 0) is 38.5 Å². The third-order valence-corrected chi connectivity index (χ3v) is 9.37. The molecule has 0 aliphatic rings. The first-order chi connectivity index (χ1) is 22.1. The number of rotatable bonds is 36. The Morgan fingerprint density at radius 1 is 0.533 bits per heavy atom. The molecule has 268 valence electrons. The second kappa shape index (κ2) is 35.9. The first kappa shape index (κ1) is 44.1. The minimum atomic E-state index is -1.15. The zero-order valence-electron chi connectivity index (χ0n) is 30.3. The molecule has 0 saturated heterocycles. The molecule has 0 aliphatic heterocycles. The van der Waals surface area contributed by atoms with Gasteiger partial charge < -0.3 is 20.6 Å². The number of aliphatic hydroxyl groups excluding tert-OH is 3. The molecule has 0 rings (SSSR count). The van der Waals surface area contributed by atoms with Crippen molar-refractivity contribution >= 4 is 5.91 Å². The van der Waals surface area contributed by atoms with E-state index in [9.17, 15) is 20.1 Å². The summed E-state index contributed by atoms with van der Waals surface area (Å²) in [5.74, 6) is -0.152.